The minimum atomic E-state index is -0.451. The van der Waals surface area contributed by atoms with Crippen molar-refractivity contribution in [2.24, 2.45) is 0 Å². The number of halogens is 1. The second-order valence-corrected chi connectivity index (χ2v) is 5.36. The maximum absolute atomic E-state index is 13.8. The molecule has 0 saturated carbocycles. The van der Waals surface area contributed by atoms with Crippen LogP contribution in [0.15, 0.2) is 42.6 Å². The zero-order chi connectivity index (χ0) is 18.7. The third kappa shape index (κ3) is 3.13. The maximum Gasteiger partial charge on any atom is 0.212 e. The topological polar surface area (TPSA) is 94.0 Å². The number of hydrogen-bond acceptors (Lipinski definition) is 6. The molecule has 26 heavy (non-hydrogen) atoms. The van der Waals surface area contributed by atoms with Gasteiger partial charge in [0.1, 0.15) is 29.0 Å². The first-order valence-electron chi connectivity index (χ1n) is 7.62. The first-order chi connectivity index (χ1) is 12.6. The molecule has 0 aliphatic carbocycles. The molecule has 0 fully saturated rings. The van der Waals surface area contributed by atoms with E-state index in [1.54, 1.807) is 24.4 Å². The fourth-order valence-corrected chi connectivity index (χ4v) is 2.59. The number of ether oxygens (including phenoxy) is 2. The molecule has 3 rings (SSSR count). The molecule has 7 heteroatoms. The lowest BCUT2D eigenvalue weighted by atomic mass is 9.98. The maximum atomic E-state index is 13.8. The highest BCUT2D eigenvalue weighted by molar-refractivity contribution is 5.83. The second kappa shape index (κ2) is 7.07. The van der Waals surface area contributed by atoms with Gasteiger partial charge in [0.15, 0.2) is 0 Å². The highest BCUT2D eigenvalue weighted by Gasteiger charge is 2.17. The van der Waals surface area contributed by atoms with Gasteiger partial charge in [-0.3, -0.25) is 0 Å². The number of anilines is 1. The Labute approximate surface area is 149 Å². The summed E-state index contributed by atoms with van der Waals surface area (Å²) in [5.74, 6) is 0.476. The van der Waals surface area contributed by atoms with Gasteiger partial charge in [-0.2, -0.15) is 5.26 Å². The van der Waals surface area contributed by atoms with Crippen LogP contribution in [0.3, 0.4) is 0 Å². The monoisotopic (exact) mass is 350 g/mol. The average molecular weight is 350 g/mol. The van der Waals surface area contributed by atoms with Gasteiger partial charge in [0.2, 0.25) is 5.88 Å². The molecule has 0 aliphatic rings. The van der Waals surface area contributed by atoms with Crippen LogP contribution in [0, 0.1) is 17.1 Å². The molecule has 0 radical (unpaired) electrons. The standard InChI is InChI=1S/C19H15FN4O2/c1-25-17-5-4-12(20)7-14(17)13-8-16(24-19(22)15(13)9-21)11-3-6-18(26-2)23-10-11/h3-8,10H,1-2H3,(H2,22,24). The van der Waals surface area contributed by atoms with Gasteiger partial charge in [0, 0.05) is 29.0 Å². The van der Waals surface area contributed by atoms with Crippen LogP contribution in [0.2, 0.25) is 0 Å². The summed E-state index contributed by atoms with van der Waals surface area (Å²) in [4.78, 5) is 8.42. The molecule has 130 valence electrons. The van der Waals surface area contributed by atoms with Crippen molar-refractivity contribution < 1.29 is 13.9 Å². The molecule has 2 N–H and O–H groups in total. The largest absolute Gasteiger partial charge is 0.496 e. The van der Waals surface area contributed by atoms with Crippen LogP contribution in [0.1, 0.15) is 5.56 Å². The Balaban J connectivity index is 2.23. The van der Waals surface area contributed by atoms with Crippen molar-refractivity contribution in [1.82, 2.24) is 9.97 Å². The molecule has 0 amide bonds. The van der Waals surface area contributed by atoms with E-state index < -0.39 is 5.82 Å². The number of nitrogens with zero attached hydrogens (tertiary/aromatic N) is 3. The van der Waals surface area contributed by atoms with Crippen molar-refractivity contribution in [3.8, 4) is 40.1 Å². The molecule has 2 heterocycles. The number of benzene rings is 1. The van der Waals surface area contributed by atoms with E-state index in [1.165, 1.54) is 32.4 Å². The summed E-state index contributed by atoms with van der Waals surface area (Å²) in [6.07, 6.45) is 1.58. The Hall–Kier alpha value is -3.66. The zero-order valence-electron chi connectivity index (χ0n) is 14.2. The average Bonchev–Trinajstić information content (AvgIpc) is 2.67. The summed E-state index contributed by atoms with van der Waals surface area (Å²) in [6.45, 7) is 0. The van der Waals surface area contributed by atoms with Crippen molar-refractivity contribution >= 4 is 5.82 Å². The Morgan fingerprint density at radius 2 is 1.88 bits per heavy atom. The normalized spacial score (nSPS) is 10.2. The van der Waals surface area contributed by atoms with Crippen LogP contribution in [-0.2, 0) is 0 Å². The van der Waals surface area contributed by atoms with E-state index in [4.69, 9.17) is 15.2 Å². The number of aromatic nitrogens is 2. The number of methoxy groups -OCH3 is 2. The molecular weight excluding hydrogens is 335 g/mol. The van der Waals surface area contributed by atoms with Gasteiger partial charge in [-0.05, 0) is 30.3 Å². The SMILES string of the molecule is COc1ccc(-c2cc(-c3cc(F)ccc3OC)c(C#N)c(N)n2)cn1. The van der Waals surface area contributed by atoms with Gasteiger partial charge < -0.3 is 15.2 Å². The zero-order valence-corrected chi connectivity index (χ0v) is 14.2. The fraction of sp³-hybridized carbons (Fsp3) is 0.105. The fourth-order valence-electron chi connectivity index (χ4n) is 2.59. The van der Waals surface area contributed by atoms with Crippen molar-refractivity contribution in [3.63, 3.8) is 0 Å². The smallest absolute Gasteiger partial charge is 0.212 e. The molecule has 0 bridgehead atoms. The summed E-state index contributed by atoms with van der Waals surface area (Å²) in [6, 6.07) is 11.2. The number of nitriles is 1. The molecule has 3 aromatic rings. The first-order valence-corrected chi connectivity index (χ1v) is 7.62. The van der Waals surface area contributed by atoms with Crippen LogP contribution < -0.4 is 15.2 Å². The van der Waals surface area contributed by atoms with Gasteiger partial charge in [0.05, 0.1) is 19.9 Å². The molecule has 2 aromatic heterocycles. The molecule has 6 nitrogen and oxygen atoms in total. The van der Waals surface area contributed by atoms with Crippen LogP contribution in [0.4, 0.5) is 10.2 Å². The third-order valence-corrected chi connectivity index (χ3v) is 3.85. The highest BCUT2D eigenvalue weighted by atomic mass is 19.1. The summed E-state index contributed by atoms with van der Waals surface area (Å²) in [5.41, 5.74) is 8.16. The summed E-state index contributed by atoms with van der Waals surface area (Å²) >= 11 is 0. The predicted octanol–water partition coefficient (Wildman–Crippen LogP) is 3.42. The third-order valence-electron chi connectivity index (χ3n) is 3.85. The number of hydrogen-bond donors (Lipinski definition) is 1. The predicted molar refractivity (Wildman–Crippen MR) is 95.1 cm³/mol. The minimum absolute atomic E-state index is 0.0436. The van der Waals surface area contributed by atoms with E-state index in [2.05, 4.69) is 9.97 Å². The van der Waals surface area contributed by atoms with Crippen molar-refractivity contribution in [2.75, 3.05) is 20.0 Å². The molecule has 0 atom stereocenters. The van der Waals surface area contributed by atoms with Crippen LogP contribution in [-0.4, -0.2) is 24.2 Å². The summed E-state index contributed by atoms with van der Waals surface area (Å²) in [5, 5.41) is 9.49. The van der Waals surface area contributed by atoms with E-state index in [0.717, 1.165) is 0 Å². The van der Waals surface area contributed by atoms with Crippen LogP contribution in [0.5, 0.6) is 11.6 Å². The van der Waals surface area contributed by atoms with Crippen LogP contribution in [0.25, 0.3) is 22.4 Å². The number of nitrogen functional groups attached to an aromatic ring is 1. The number of rotatable bonds is 4. The lowest BCUT2D eigenvalue weighted by Crippen LogP contribution is -2.01. The van der Waals surface area contributed by atoms with E-state index in [1.807, 2.05) is 6.07 Å². The van der Waals surface area contributed by atoms with Gasteiger partial charge in [0.25, 0.3) is 0 Å². The Morgan fingerprint density at radius 3 is 2.50 bits per heavy atom. The van der Waals surface area contributed by atoms with Crippen molar-refractivity contribution in [2.45, 2.75) is 0 Å². The second-order valence-electron chi connectivity index (χ2n) is 5.36. The van der Waals surface area contributed by atoms with Gasteiger partial charge in [-0.15, -0.1) is 0 Å². The van der Waals surface area contributed by atoms with Crippen LogP contribution >= 0.6 is 0 Å². The lowest BCUT2D eigenvalue weighted by molar-refractivity contribution is 0.398. The number of pyridine rings is 2. The van der Waals surface area contributed by atoms with Crippen molar-refractivity contribution in [3.05, 3.63) is 54.0 Å². The van der Waals surface area contributed by atoms with E-state index in [0.29, 0.717) is 34.0 Å². The quantitative estimate of drug-likeness (QED) is 0.775. The van der Waals surface area contributed by atoms with Gasteiger partial charge >= 0.3 is 0 Å². The van der Waals surface area contributed by atoms with E-state index in [-0.39, 0.29) is 11.4 Å². The lowest BCUT2D eigenvalue weighted by Gasteiger charge is -2.13. The molecular formula is C19H15FN4O2. The van der Waals surface area contributed by atoms with E-state index >= 15 is 0 Å². The Kier molecular flexibility index (Phi) is 4.67. The molecule has 1 aromatic carbocycles. The summed E-state index contributed by atoms with van der Waals surface area (Å²) < 4.78 is 24.2. The first kappa shape index (κ1) is 17.2. The van der Waals surface area contributed by atoms with Gasteiger partial charge in [-0.1, -0.05) is 0 Å². The summed E-state index contributed by atoms with van der Waals surface area (Å²) in [7, 11) is 3.00. The van der Waals surface area contributed by atoms with Gasteiger partial charge in [-0.25, -0.2) is 14.4 Å². The minimum Gasteiger partial charge on any atom is -0.496 e. The van der Waals surface area contributed by atoms with Crippen molar-refractivity contribution in [1.29, 1.82) is 5.26 Å². The molecule has 0 aliphatic heterocycles. The molecule has 0 saturated heterocycles. The Bertz CT molecular complexity index is 998. The number of nitrogens with two attached hydrogens (primary N) is 1. The molecule has 0 spiro atoms. The van der Waals surface area contributed by atoms with E-state index in [9.17, 15) is 9.65 Å². The Morgan fingerprint density at radius 1 is 1.08 bits per heavy atom. The highest BCUT2D eigenvalue weighted by Crippen LogP contribution is 2.36. The molecule has 0 unspecified atom stereocenters.